The lowest BCUT2D eigenvalue weighted by Crippen LogP contribution is -2.26. The average molecular weight is 221 g/mol. The Hall–Kier alpha value is -1.62. The molecule has 1 N–H and O–H groups in total. The molecule has 2 aromatic rings. The van der Waals surface area contributed by atoms with Crippen molar-refractivity contribution in [2.45, 2.75) is 13.5 Å². The zero-order valence-corrected chi connectivity index (χ0v) is 9.12. The summed E-state index contributed by atoms with van der Waals surface area (Å²) in [7, 11) is 0. The Morgan fingerprint density at radius 3 is 3.13 bits per heavy atom. The Kier molecular flexibility index (Phi) is 2.82. The third kappa shape index (κ3) is 2.44. The van der Waals surface area contributed by atoms with Crippen LogP contribution in [-0.2, 0) is 6.54 Å². The molecule has 0 aliphatic rings. The molecule has 0 fully saturated rings. The maximum Gasteiger partial charge on any atom is 0.327 e. The van der Waals surface area contributed by atoms with Gasteiger partial charge >= 0.3 is 6.03 Å². The summed E-state index contributed by atoms with van der Waals surface area (Å²) in [6, 6.07) is 1.91. The second kappa shape index (κ2) is 4.27. The summed E-state index contributed by atoms with van der Waals surface area (Å²) in [5, 5.41) is 4.88. The van der Waals surface area contributed by atoms with Crippen molar-refractivity contribution in [3.8, 4) is 0 Å². The van der Waals surface area contributed by atoms with Gasteiger partial charge in [0.25, 0.3) is 0 Å². The molecule has 2 aromatic heterocycles. The van der Waals surface area contributed by atoms with E-state index in [1.54, 1.807) is 23.7 Å². The van der Waals surface area contributed by atoms with Gasteiger partial charge in [0.2, 0.25) is 0 Å². The summed E-state index contributed by atoms with van der Waals surface area (Å²) < 4.78 is 1.42. The van der Waals surface area contributed by atoms with E-state index < -0.39 is 0 Å². The number of aryl methyl sites for hydroxylation is 1. The van der Waals surface area contributed by atoms with Crippen LogP contribution in [-0.4, -0.2) is 15.6 Å². The van der Waals surface area contributed by atoms with Crippen LogP contribution in [0.15, 0.2) is 30.2 Å². The zero-order chi connectivity index (χ0) is 10.7. The van der Waals surface area contributed by atoms with Gasteiger partial charge < -0.3 is 5.32 Å². The molecular weight excluding hydrogens is 210 g/mol. The minimum Gasteiger partial charge on any atom is -0.332 e. The van der Waals surface area contributed by atoms with Crippen molar-refractivity contribution >= 4 is 17.4 Å². The number of hydrogen-bond donors (Lipinski definition) is 1. The molecule has 15 heavy (non-hydrogen) atoms. The highest BCUT2D eigenvalue weighted by molar-refractivity contribution is 7.10. The number of hydrogen-bond acceptors (Lipinski definition) is 3. The number of amides is 1. The van der Waals surface area contributed by atoms with Crippen molar-refractivity contribution in [3.05, 3.63) is 40.6 Å². The number of rotatable bonds is 2. The lowest BCUT2D eigenvalue weighted by atomic mass is 10.3. The molecule has 2 heterocycles. The monoisotopic (exact) mass is 221 g/mol. The Labute approximate surface area is 91.6 Å². The number of nitrogens with zero attached hydrogens (tertiary/aromatic N) is 2. The fourth-order valence-electron chi connectivity index (χ4n) is 1.22. The smallest absolute Gasteiger partial charge is 0.327 e. The van der Waals surface area contributed by atoms with Crippen LogP contribution in [0.25, 0.3) is 0 Å². The summed E-state index contributed by atoms with van der Waals surface area (Å²) in [5.41, 5.74) is 1.23. The molecule has 0 spiro atoms. The number of carbonyl (C=O) groups excluding carboxylic acids is 1. The van der Waals surface area contributed by atoms with E-state index in [2.05, 4.69) is 21.7 Å². The summed E-state index contributed by atoms with van der Waals surface area (Å²) in [6.07, 6.45) is 4.68. The molecule has 0 saturated heterocycles. The maximum absolute atomic E-state index is 11.5. The molecule has 4 nitrogen and oxygen atoms in total. The van der Waals surface area contributed by atoms with Gasteiger partial charge in [-0.25, -0.2) is 9.78 Å². The molecule has 5 heteroatoms. The summed E-state index contributed by atoms with van der Waals surface area (Å²) in [5.74, 6) is 0. The molecule has 2 rings (SSSR count). The Balaban J connectivity index is 1.91. The van der Waals surface area contributed by atoms with E-state index in [0.717, 1.165) is 4.88 Å². The van der Waals surface area contributed by atoms with Gasteiger partial charge in [-0.3, -0.25) is 4.57 Å². The molecule has 1 amide bonds. The number of nitrogens with one attached hydrogen (secondary N) is 1. The van der Waals surface area contributed by atoms with Crippen molar-refractivity contribution in [3.63, 3.8) is 0 Å². The minimum atomic E-state index is -0.154. The van der Waals surface area contributed by atoms with Gasteiger partial charge in [0.15, 0.2) is 0 Å². The fraction of sp³-hybridized carbons (Fsp3) is 0.200. The van der Waals surface area contributed by atoms with Gasteiger partial charge in [0.1, 0.15) is 6.33 Å². The molecular formula is C10H11N3OS. The van der Waals surface area contributed by atoms with Crippen LogP contribution in [0, 0.1) is 6.92 Å². The molecule has 0 unspecified atom stereocenters. The van der Waals surface area contributed by atoms with E-state index in [0.29, 0.717) is 6.54 Å². The molecule has 78 valence electrons. The Bertz CT molecular complexity index is 447. The van der Waals surface area contributed by atoms with Crippen LogP contribution in [0.3, 0.4) is 0 Å². The SMILES string of the molecule is Cc1csc(CNC(=O)n2ccnc2)c1. The molecule has 0 aliphatic carbocycles. The van der Waals surface area contributed by atoms with Crippen molar-refractivity contribution in [2.75, 3.05) is 0 Å². The van der Waals surface area contributed by atoms with Crippen LogP contribution in [0.2, 0.25) is 0 Å². The predicted octanol–water partition coefficient (Wildman–Crippen LogP) is 2.01. The quantitative estimate of drug-likeness (QED) is 0.843. The second-order valence-electron chi connectivity index (χ2n) is 3.22. The van der Waals surface area contributed by atoms with Gasteiger partial charge in [-0.05, 0) is 23.9 Å². The van der Waals surface area contributed by atoms with Crippen LogP contribution in [0.5, 0.6) is 0 Å². The van der Waals surface area contributed by atoms with Crippen molar-refractivity contribution in [1.29, 1.82) is 0 Å². The fourth-order valence-corrected chi connectivity index (χ4v) is 2.03. The normalized spacial score (nSPS) is 10.2. The van der Waals surface area contributed by atoms with E-state index in [9.17, 15) is 4.79 Å². The third-order valence-corrected chi connectivity index (χ3v) is 2.99. The number of imidazole rings is 1. The Morgan fingerprint density at radius 1 is 1.67 bits per heavy atom. The van der Waals surface area contributed by atoms with Crippen LogP contribution >= 0.6 is 11.3 Å². The minimum absolute atomic E-state index is 0.154. The van der Waals surface area contributed by atoms with Gasteiger partial charge in [-0.15, -0.1) is 11.3 Å². The van der Waals surface area contributed by atoms with E-state index in [-0.39, 0.29) is 6.03 Å². The first kappa shape index (κ1) is 9.92. The molecule has 0 aliphatic heterocycles. The lowest BCUT2D eigenvalue weighted by molar-refractivity contribution is 0.242. The summed E-state index contributed by atoms with van der Waals surface area (Å²) >= 11 is 1.65. The zero-order valence-electron chi connectivity index (χ0n) is 8.30. The first-order chi connectivity index (χ1) is 7.25. The number of carbonyl (C=O) groups is 1. The standard InChI is InChI=1S/C10H11N3OS/c1-8-4-9(15-6-8)5-12-10(14)13-3-2-11-7-13/h2-4,6-7H,5H2,1H3,(H,12,14). The summed E-state index contributed by atoms with van der Waals surface area (Å²) in [6.45, 7) is 2.60. The van der Waals surface area contributed by atoms with Crippen molar-refractivity contribution in [1.82, 2.24) is 14.9 Å². The topological polar surface area (TPSA) is 46.9 Å². The second-order valence-corrected chi connectivity index (χ2v) is 4.21. The van der Waals surface area contributed by atoms with E-state index in [4.69, 9.17) is 0 Å². The number of thiophene rings is 1. The first-order valence-electron chi connectivity index (χ1n) is 4.56. The summed E-state index contributed by atoms with van der Waals surface area (Å²) in [4.78, 5) is 16.5. The van der Waals surface area contributed by atoms with Gasteiger partial charge in [-0.2, -0.15) is 0 Å². The van der Waals surface area contributed by atoms with E-state index in [1.807, 2.05) is 6.92 Å². The van der Waals surface area contributed by atoms with Crippen LogP contribution in [0.4, 0.5) is 4.79 Å². The predicted molar refractivity (Wildman–Crippen MR) is 58.9 cm³/mol. The molecule has 0 radical (unpaired) electrons. The van der Waals surface area contributed by atoms with Crippen molar-refractivity contribution in [2.24, 2.45) is 0 Å². The molecule has 0 aromatic carbocycles. The highest BCUT2D eigenvalue weighted by Crippen LogP contribution is 2.12. The Morgan fingerprint density at radius 2 is 2.53 bits per heavy atom. The average Bonchev–Trinajstić information content (AvgIpc) is 2.84. The van der Waals surface area contributed by atoms with Gasteiger partial charge in [0, 0.05) is 17.3 Å². The first-order valence-corrected chi connectivity index (χ1v) is 5.44. The van der Waals surface area contributed by atoms with E-state index >= 15 is 0 Å². The maximum atomic E-state index is 11.5. The highest BCUT2D eigenvalue weighted by Gasteiger charge is 2.03. The van der Waals surface area contributed by atoms with E-state index in [1.165, 1.54) is 16.5 Å². The third-order valence-electron chi connectivity index (χ3n) is 1.94. The lowest BCUT2D eigenvalue weighted by Gasteiger charge is -2.02. The number of aromatic nitrogens is 2. The molecule has 0 bridgehead atoms. The van der Waals surface area contributed by atoms with Crippen molar-refractivity contribution < 1.29 is 4.79 Å². The molecule has 0 atom stereocenters. The highest BCUT2D eigenvalue weighted by atomic mass is 32.1. The largest absolute Gasteiger partial charge is 0.332 e. The van der Waals surface area contributed by atoms with Crippen LogP contribution in [0.1, 0.15) is 10.4 Å². The van der Waals surface area contributed by atoms with Crippen LogP contribution < -0.4 is 5.32 Å². The van der Waals surface area contributed by atoms with Gasteiger partial charge in [0.05, 0.1) is 6.54 Å². The van der Waals surface area contributed by atoms with Gasteiger partial charge in [-0.1, -0.05) is 0 Å². The molecule has 0 saturated carbocycles.